The Labute approximate surface area is 179 Å². The van der Waals surface area contributed by atoms with E-state index in [0.717, 1.165) is 24.5 Å². The van der Waals surface area contributed by atoms with Gasteiger partial charge in [-0.3, -0.25) is 4.79 Å². The molecular weight excluding hydrogens is 432 g/mol. The second-order valence-electron chi connectivity index (χ2n) is 6.71. The number of hydrogen-bond donors (Lipinski definition) is 2. The molecular formula is C20H21ClN2O6S. The van der Waals surface area contributed by atoms with Gasteiger partial charge in [0.25, 0.3) is 5.91 Å². The topological polar surface area (TPSA) is 111 Å². The first kappa shape index (κ1) is 22.1. The quantitative estimate of drug-likeness (QED) is 0.564. The highest BCUT2D eigenvalue weighted by molar-refractivity contribution is 7.89. The van der Waals surface area contributed by atoms with Crippen LogP contribution in [0, 0.1) is 0 Å². The largest absolute Gasteiger partial charge is 0.496 e. The Hall–Kier alpha value is -2.62. The van der Waals surface area contributed by atoms with E-state index in [2.05, 4.69) is 10.0 Å². The van der Waals surface area contributed by atoms with Crippen molar-refractivity contribution in [2.24, 2.45) is 0 Å². The maximum Gasteiger partial charge on any atom is 0.338 e. The van der Waals surface area contributed by atoms with Crippen molar-refractivity contribution >= 4 is 33.5 Å². The van der Waals surface area contributed by atoms with Crippen LogP contribution >= 0.6 is 11.6 Å². The van der Waals surface area contributed by atoms with E-state index in [9.17, 15) is 18.0 Å². The maximum absolute atomic E-state index is 12.4. The van der Waals surface area contributed by atoms with Crippen molar-refractivity contribution in [3.63, 3.8) is 0 Å². The third-order valence-electron chi connectivity index (χ3n) is 4.36. The van der Waals surface area contributed by atoms with Gasteiger partial charge in [0, 0.05) is 18.2 Å². The summed E-state index contributed by atoms with van der Waals surface area (Å²) in [7, 11) is -2.31. The molecule has 2 aromatic rings. The van der Waals surface area contributed by atoms with Crippen LogP contribution in [0.4, 0.5) is 0 Å². The van der Waals surface area contributed by atoms with Gasteiger partial charge in [-0.15, -0.1) is 0 Å². The Morgan fingerprint density at radius 2 is 1.90 bits per heavy atom. The zero-order chi connectivity index (χ0) is 21.7. The average molecular weight is 453 g/mol. The molecule has 0 saturated heterocycles. The first-order chi connectivity index (χ1) is 14.3. The summed E-state index contributed by atoms with van der Waals surface area (Å²) in [4.78, 5) is 24.1. The Morgan fingerprint density at radius 3 is 2.60 bits per heavy atom. The van der Waals surface area contributed by atoms with Crippen LogP contribution in [-0.4, -0.2) is 40.1 Å². The lowest BCUT2D eigenvalue weighted by Crippen LogP contribution is -2.28. The third kappa shape index (κ3) is 5.71. The number of esters is 1. The van der Waals surface area contributed by atoms with Crippen molar-refractivity contribution in [1.82, 2.24) is 10.0 Å². The molecule has 0 atom stereocenters. The van der Waals surface area contributed by atoms with Gasteiger partial charge in [-0.1, -0.05) is 29.8 Å². The van der Waals surface area contributed by atoms with E-state index in [4.69, 9.17) is 21.1 Å². The predicted molar refractivity (Wildman–Crippen MR) is 110 cm³/mol. The summed E-state index contributed by atoms with van der Waals surface area (Å²) in [6, 6.07) is 10.9. The molecule has 1 fully saturated rings. The van der Waals surface area contributed by atoms with E-state index >= 15 is 0 Å². The molecule has 2 aromatic carbocycles. The summed E-state index contributed by atoms with van der Waals surface area (Å²) in [5, 5.41) is 2.63. The second kappa shape index (κ2) is 9.46. The lowest BCUT2D eigenvalue weighted by molar-refractivity contribution is -0.124. The highest BCUT2D eigenvalue weighted by Gasteiger charge is 2.29. The second-order valence-corrected chi connectivity index (χ2v) is 8.80. The fourth-order valence-electron chi connectivity index (χ4n) is 2.63. The van der Waals surface area contributed by atoms with Crippen LogP contribution < -0.4 is 14.8 Å². The average Bonchev–Trinajstić information content (AvgIpc) is 3.54. The van der Waals surface area contributed by atoms with Crippen molar-refractivity contribution in [3.05, 3.63) is 58.6 Å². The fourth-order valence-corrected chi connectivity index (χ4v) is 4.46. The van der Waals surface area contributed by atoms with E-state index in [-0.39, 0.29) is 28.1 Å². The highest BCUT2D eigenvalue weighted by Crippen LogP contribution is 2.27. The number of carbonyl (C=O) groups excluding carboxylic acids is 2. The van der Waals surface area contributed by atoms with Gasteiger partial charge in [0.2, 0.25) is 10.0 Å². The Morgan fingerprint density at radius 1 is 1.17 bits per heavy atom. The van der Waals surface area contributed by atoms with Crippen LogP contribution in [0.5, 0.6) is 5.75 Å². The van der Waals surface area contributed by atoms with Crippen molar-refractivity contribution in [3.8, 4) is 5.75 Å². The summed E-state index contributed by atoms with van der Waals surface area (Å²) < 4.78 is 37.5. The van der Waals surface area contributed by atoms with Crippen molar-refractivity contribution in [1.29, 1.82) is 0 Å². The molecule has 160 valence electrons. The number of methoxy groups -OCH3 is 1. The monoisotopic (exact) mass is 452 g/mol. The van der Waals surface area contributed by atoms with Gasteiger partial charge in [-0.25, -0.2) is 17.9 Å². The molecule has 2 N–H and O–H groups in total. The molecule has 3 rings (SSSR count). The van der Waals surface area contributed by atoms with Crippen molar-refractivity contribution < 1.29 is 27.5 Å². The molecule has 30 heavy (non-hydrogen) atoms. The number of halogens is 1. The van der Waals surface area contributed by atoms with E-state index in [1.54, 1.807) is 12.1 Å². The van der Waals surface area contributed by atoms with Gasteiger partial charge < -0.3 is 14.8 Å². The van der Waals surface area contributed by atoms with Crippen LogP contribution in [-0.2, 0) is 26.1 Å². The predicted octanol–water partition coefficient (Wildman–Crippen LogP) is 2.26. The number of ether oxygens (including phenoxy) is 2. The van der Waals surface area contributed by atoms with E-state index in [1.807, 2.05) is 12.1 Å². The maximum atomic E-state index is 12.4. The zero-order valence-electron chi connectivity index (χ0n) is 16.2. The van der Waals surface area contributed by atoms with Gasteiger partial charge in [0.05, 0.1) is 17.7 Å². The molecule has 0 aromatic heterocycles. The van der Waals surface area contributed by atoms with Gasteiger partial charge in [0.15, 0.2) is 6.61 Å². The number of benzene rings is 2. The van der Waals surface area contributed by atoms with Gasteiger partial charge in [0.1, 0.15) is 10.6 Å². The van der Waals surface area contributed by atoms with Crippen LogP contribution in [0.2, 0.25) is 5.02 Å². The summed E-state index contributed by atoms with van der Waals surface area (Å²) >= 11 is 6.00. The lowest BCUT2D eigenvalue weighted by atomic mass is 10.2. The molecule has 0 radical (unpaired) electrons. The number of para-hydroxylation sites is 1. The molecule has 1 amide bonds. The number of carbonyl (C=O) groups is 2. The molecule has 1 aliphatic carbocycles. The number of amides is 1. The van der Waals surface area contributed by atoms with E-state index in [1.165, 1.54) is 19.2 Å². The van der Waals surface area contributed by atoms with Crippen molar-refractivity contribution in [2.45, 2.75) is 30.3 Å². The molecule has 0 aliphatic heterocycles. The standard InChI is InChI=1S/C20H21ClN2O6S/c1-28-17-5-3-2-4-14(17)11-22-19(24)12-29-20(25)13-6-9-16(21)18(10-13)30(26,27)23-15-7-8-15/h2-6,9-10,15,23H,7-8,11-12H2,1H3,(H,22,24). The molecule has 1 aliphatic rings. The summed E-state index contributed by atoms with van der Waals surface area (Å²) in [6.45, 7) is -0.310. The fraction of sp³-hybridized carbons (Fsp3) is 0.300. The number of nitrogens with one attached hydrogen (secondary N) is 2. The Kier molecular flexibility index (Phi) is 6.96. The zero-order valence-corrected chi connectivity index (χ0v) is 17.8. The summed E-state index contributed by atoms with van der Waals surface area (Å²) in [6.07, 6.45) is 1.53. The first-order valence-corrected chi connectivity index (χ1v) is 11.0. The van der Waals surface area contributed by atoms with Crippen LogP contribution in [0.3, 0.4) is 0 Å². The number of sulfonamides is 1. The third-order valence-corrected chi connectivity index (χ3v) is 6.36. The van der Waals surface area contributed by atoms with Gasteiger partial charge in [-0.2, -0.15) is 0 Å². The summed E-state index contributed by atoms with van der Waals surface area (Å²) in [5.41, 5.74) is 0.753. The SMILES string of the molecule is COc1ccccc1CNC(=O)COC(=O)c1ccc(Cl)c(S(=O)(=O)NC2CC2)c1. The van der Waals surface area contributed by atoms with Gasteiger partial charge in [-0.05, 0) is 37.1 Å². The van der Waals surface area contributed by atoms with Crippen LogP contribution in [0.1, 0.15) is 28.8 Å². The molecule has 0 spiro atoms. The van der Waals surface area contributed by atoms with Gasteiger partial charge >= 0.3 is 5.97 Å². The minimum atomic E-state index is -3.84. The van der Waals surface area contributed by atoms with Crippen LogP contribution in [0.25, 0.3) is 0 Å². The van der Waals surface area contributed by atoms with E-state index in [0.29, 0.717) is 5.75 Å². The van der Waals surface area contributed by atoms with Crippen molar-refractivity contribution in [2.75, 3.05) is 13.7 Å². The highest BCUT2D eigenvalue weighted by atomic mass is 35.5. The minimum Gasteiger partial charge on any atom is -0.496 e. The lowest BCUT2D eigenvalue weighted by Gasteiger charge is -2.11. The molecule has 8 nitrogen and oxygen atoms in total. The molecule has 10 heteroatoms. The number of hydrogen-bond acceptors (Lipinski definition) is 6. The Balaban J connectivity index is 1.58. The molecule has 0 unspecified atom stereocenters. The smallest absolute Gasteiger partial charge is 0.338 e. The van der Waals surface area contributed by atoms with Crippen LogP contribution in [0.15, 0.2) is 47.4 Å². The normalized spacial score (nSPS) is 13.5. The van der Waals surface area contributed by atoms with E-state index < -0.39 is 28.5 Å². The minimum absolute atomic E-state index is 0.00532. The molecule has 0 heterocycles. The first-order valence-electron chi connectivity index (χ1n) is 9.18. The molecule has 0 bridgehead atoms. The number of rotatable bonds is 9. The molecule has 1 saturated carbocycles. The summed E-state index contributed by atoms with van der Waals surface area (Å²) in [5.74, 6) is -0.710. The Bertz CT molecular complexity index is 1050.